The lowest BCUT2D eigenvalue weighted by Gasteiger charge is -2.35. The minimum atomic E-state index is -6.68. The molecule has 8 nitrogen and oxygen atoms in total. The Morgan fingerprint density at radius 1 is 0.939 bits per heavy atom. The molecule has 194 valence electrons. The van der Waals surface area contributed by atoms with Crippen LogP contribution < -0.4 is 5.32 Å². The summed E-state index contributed by atoms with van der Waals surface area (Å²) < 4.78 is 190. The molecule has 2 N–H and O–H groups in total. The van der Waals surface area contributed by atoms with Crippen molar-refractivity contribution in [3.05, 3.63) is 12.4 Å². The minimum absolute atomic E-state index is 0.252. The van der Waals surface area contributed by atoms with E-state index in [0.29, 0.717) is 0 Å². The van der Waals surface area contributed by atoms with Crippen LogP contribution in [-0.4, -0.2) is 67.1 Å². The van der Waals surface area contributed by atoms with Crippen LogP contribution in [-0.2, 0) is 29.2 Å². The first kappa shape index (κ1) is 30.7. The van der Waals surface area contributed by atoms with Gasteiger partial charge in [-0.3, -0.25) is 9.35 Å². The maximum absolute atomic E-state index is 13.4. The number of alkyl halides is 11. The number of carbonyl (C=O) groups excluding carboxylic acids is 2. The molecule has 0 aromatic rings. The van der Waals surface area contributed by atoms with E-state index in [1.54, 1.807) is 0 Å². The zero-order valence-corrected chi connectivity index (χ0v) is 15.9. The predicted octanol–water partition coefficient (Wildman–Crippen LogP) is 2.77. The Morgan fingerprint density at radius 2 is 1.36 bits per heavy atom. The van der Waals surface area contributed by atoms with Gasteiger partial charge in [0.05, 0.1) is 13.0 Å². The number of hydrogen-bond donors (Lipinski definition) is 2. The van der Waals surface area contributed by atoms with E-state index < -0.39 is 76.5 Å². The molecule has 1 atom stereocenters. The second kappa shape index (κ2) is 9.52. The fraction of sp³-hybridized carbons (Fsp3) is 0.667. The molecule has 0 aromatic heterocycles. The van der Waals surface area contributed by atoms with Crippen molar-refractivity contribution in [3.8, 4) is 0 Å². The standard InChI is InChI=1S/C12H9F12NO7S/c1-4(13)5(26)32-9(12(22,23)24,31-3-2-8(14,15)33(28,29)30)7(27)25-6(10(16,17)18)11(19,20)21/h6H,1-3H2,(H,25,27)(H,28,29,30). The molecule has 0 fully saturated rings. The SMILES string of the molecule is C=C(F)C(=O)OC(OCCC(F)(F)S(=O)(=O)O)(C(=O)NC(C(F)(F)F)C(F)(F)F)C(F)(F)F. The molecule has 0 spiro atoms. The van der Waals surface area contributed by atoms with Crippen molar-refractivity contribution in [2.75, 3.05) is 6.61 Å². The highest BCUT2D eigenvalue weighted by molar-refractivity contribution is 7.86. The number of nitrogens with one attached hydrogen (secondary N) is 1. The van der Waals surface area contributed by atoms with Crippen molar-refractivity contribution in [2.45, 2.75) is 42.0 Å². The zero-order chi connectivity index (χ0) is 26.8. The number of esters is 1. The lowest BCUT2D eigenvalue weighted by atomic mass is 10.2. The van der Waals surface area contributed by atoms with Gasteiger partial charge in [-0.2, -0.15) is 61.1 Å². The number of hydrogen-bond acceptors (Lipinski definition) is 6. The van der Waals surface area contributed by atoms with Gasteiger partial charge in [-0.15, -0.1) is 0 Å². The molecule has 0 radical (unpaired) electrons. The number of carbonyl (C=O) groups is 2. The minimum Gasteiger partial charge on any atom is -0.410 e. The summed E-state index contributed by atoms with van der Waals surface area (Å²) in [7, 11) is -6.34. The molecule has 33 heavy (non-hydrogen) atoms. The van der Waals surface area contributed by atoms with Gasteiger partial charge >= 0.3 is 51.6 Å². The average Bonchev–Trinajstić information content (AvgIpc) is 2.53. The molecule has 0 aliphatic carbocycles. The van der Waals surface area contributed by atoms with Crippen molar-refractivity contribution >= 4 is 22.0 Å². The summed E-state index contributed by atoms with van der Waals surface area (Å²) in [4.78, 5) is 22.9. The van der Waals surface area contributed by atoms with Gasteiger partial charge in [0, 0.05) is 0 Å². The van der Waals surface area contributed by atoms with E-state index in [1.807, 2.05) is 0 Å². The largest absolute Gasteiger partial charge is 0.466 e. The smallest absolute Gasteiger partial charge is 0.410 e. The number of ether oxygens (including phenoxy) is 2. The van der Waals surface area contributed by atoms with Crippen LogP contribution in [0.15, 0.2) is 12.4 Å². The topological polar surface area (TPSA) is 119 Å². The van der Waals surface area contributed by atoms with E-state index in [1.165, 1.54) is 0 Å². The van der Waals surface area contributed by atoms with E-state index in [9.17, 15) is 70.7 Å². The third kappa shape index (κ3) is 7.62. The first-order valence-electron chi connectivity index (χ1n) is 7.37. The Bertz CT molecular complexity index is 850. The Morgan fingerprint density at radius 3 is 1.67 bits per heavy atom. The van der Waals surface area contributed by atoms with Crippen LogP contribution in [0.1, 0.15) is 6.42 Å². The van der Waals surface area contributed by atoms with Gasteiger partial charge in [0.15, 0.2) is 0 Å². The lowest BCUT2D eigenvalue weighted by molar-refractivity contribution is -0.350. The predicted molar refractivity (Wildman–Crippen MR) is 76.2 cm³/mol. The number of amides is 1. The quantitative estimate of drug-likeness (QED) is 0.152. The second-order valence-corrected chi connectivity index (χ2v) is 7.16. The summed E-state index contributed by atoms with van der Waals surface area (Å²) >= 11 is 0. The van der Waals surface area contributed by atoms with Crippen LogP contribution >= 0.6 is 0 Å². The first-order chi connectivity index (χ1) is 14.3. The van der Waals surface area contributed by atoms with Crippen LogP contribution in [0, 0.1) is 0 Å². The summed E-state index contributed by atoms with van der Waals surface area (Å²) in [5, 5.41) is -5.58. The van der Waals surface area contributed by atoms with Crippen molar-refractivity contribution in [1.29, 1.82) is 0 Å². The molecule has 0 rings (SSSR count). The summed E-state index contributed by atoms with van der Waals surface area (Å²) in [6.07, 6.45) is -22.2. The van der Waals surface area contributed by atoms with Crippen LogP contribution in [0.3, 0.4) is 0 Å². The van der Waals surface area contributed by atoms with Crippen molar-refractivity contribution in [3.63, 3.8) is 0 Å². The fourth-order valence-electron chi connectivity index (χ4n) is 1.61. The van der Waals surface area contributed by atoms with E-state index in [0.717, 1.165) is 0 Å². The molecule has 0 bridgehead atoms. The van der Waals surface area contributed by atoms with Crippen molar-refractivity contribution < 1.29 is 84.7 Å². The Labute approximate surface area is 174 Å². The van der Waals surface area contributed by atoms with Gasteiger partial charge in [-0.05, 0) is 0 Å². The average molecular weight is 539 g/mol. The van der Waals surface area contributed by atoms with Gasteiger partial charge in [0.25, 0.3) is 0 Å². The summed E-state index contributed by atoms with van der Waals surface area (Å²) in [5.74, 6) is -14.7. The molecule has 1 unspecified atom stereocenters. The van der Waals surface area contributed by atoms with Gasteiger partial charge in [0.1, 0.15) is 0 Å². The van der Waals surface area contributed by atoms with Crippen LogP contribution in [0.4, 0.5) is 52.7 Å². The van der Waals surface area contributed by atoms with Crippen LogP contribution in [0.5, 0.6) is 0 Å². The molecular weight excluding hydrogens is 530 g/mol. The molecule has 0 aliphatic heterocycles. The maximum atomic E-state index is 13.4. The van der Waals surface area contributed by atoms with Crippen molar-refractivity contribution in [2.24, 2.45) is 0 Å². The molecule has 0 aliphatic rings. The number of rotatable bonds is 9. The molecule has 0 heterocycles. The molecule has 0 saturated carbocycles. The highest BCUT2D eigenvalue weighted by atomic mass is 32.2. The fourth-order valence-corrected chi connectivity index (χ4v) is 1.95. The normalized spacial score (nSPS) is 15.7. The zero-order valence-electron chi connectivity index (χ0n) is 15.0. The summed E-state index contributed by atoms with van der Waals surface area (Å²) in [6, 6.07) is -5.06. The van der Waals surface area contributed by atoms with E-state index in [-0.39, 0.29) is 5.32 Å². The highest BCUT2D eigenvalue weighted by Gasteiger charge is 2.69. The molecule has 1 amide bonds. The Hall–Kier alpha value is -2.29. The number of halogens is 12. The summed E-state index contributed by atoms with van der Waals surface area (Å²) in [6.45, 7) is -0.338. The summed E-state index contributed by atoms with van der Waals surface area (Å²) in [5.41, 5.74) is 0. The maximum Gasteiger partial charge on any atom is 0.466 e. The van der Waals surface area contributed by atoms with Crippen LogP contribution in [0.2, 0.25) is 0 Å². The molecule has 21 heteroatoms. The van der Waals surface area contributed by atoms with Gasteiger partial charge in [-0.1, -0.05) is 6.58 Å². The third-order valence-corrected chi connectivity index (χ3v) is 4.09. The van der Waals surface area contributed by atoms with E-state index >= 15 is 0 Å². The Balaban J connectivity index is 6.45. The second-order valence-electron chi connectivity index (χ2n) is 5.61. The van der Waals surface area contributed by atoms with Crippen LogP contribution in [0.25, 0.3) is 0 Å². The third-order valence-electron chi connectivity index (χ3n) is 3.14. The van der Waals surface area contributed by atoms with Gasteiger partial charge in [-0.25, -0.2) is 4.79 Å². The molecule has 0 saturated heterocycles. The van der Waals surface area contributed by atoms with E-state index in [2.05, 4.69) is 16.1 Å². The lowest BCUT2D eigenvalue weighted by Crippen LogP contribution is -2.66. The van der Waals surface area contributed by atoms with Gasteiger partial charge in [0.2, 0.25) is 11.9 Å². The monoisotopic (exact) mass is 539 g/mol. The van der Waals surface area contributed by atoms with E-state index in [4.69, 9.17) is 4.55 Å². The first-order valence-corrected chi connectivity index (χ1v) is 8.81. The van der Waals surface area contributed by atoms with Crippen molar-refractivity contribution in [1.82, 2.24) is 5.32 Å². The highest BCUT2D eigenvalue weighted by Crippen LogP contribution is 2.39. The van der Waals surface area contributed by atoms with Gasteiger partial charge < -0.3 is 14.8 Å². The Kier molecular flexibility index (Phi) is 8.86. The molecular formula is C12H9F12NO7S. The molecule has 0 aromatic carbocycles.